The minimum absolute atomic E-state index is 0.256. The van der Waals surface area contributed by atoms with Crippen LogP contribution in [-0.2, 0) is 0 Å². The van der Waals surface area contributed by atoms with Crippen molar-refractivity contribution in [3.05, 3.63) is 0 Å². The molecule has 17 heavy (non-hydrogen) atoms. The van der Waals surface area contributed by atoms with Gasteiger partial charge in [0.05, 0.1) is 0 Å². The zero-order valence-corrected chi connectivity index (χ0v) is 10.6. The van der Waals surface area contributed by atoms with Crippen molar-refractivity contribution < 1.29 is 0 Å². The summed E-state index contributed by atoms with van der Waals surface area (Å²) in [6, 6.07) is 0.389. The van der Waals surface area contributed by atoms with E-state index < -0.39 is 0 Å². The van der Waals surface area contributed by atoms with E-state index in [1.165, 1.54) is 19.3 Å². The van der Waals surface area contributed by atoms with Gasteiger partial charge in [0.2, 0.25) is 17.8 Å². The highest BCUT2D eigenvalue weighted by atomic mass is 15.3. The van der Waals surface area contributed by atoms with Crippen molar-refractivity contribution in [3.63, 3.8) is 0 Å². The first-order valence-corrected chi connectivity index (χ1v) is 6.01. The molecular formula is C11H20N6. The van der Waals surface area contributed by atoms with E-state index >= 15 is 0 Å². The van der Waals surface area contributed by atoms with Gasteiger partial charge in [-0.3, -0.25) is 0 Å². The van der Waals surface area contributed by atoms with Crippen molar-refractivity contribution in [3.8, 4) is 0 Å². The Morgan fingerprint density at radius 2 is 2.00 bits per heavy atom. The van der Waals surface area contributed by atoms with Gasteiger partial charge >= 0.3 is 0 Å². The number of anilines is 3. The number of nitrogens with one attached hydrogen (secondary N) is 1. The van der Waals surface area contributed by atoms with Crippen LogP contribution in [0, 0.1) is 5.92 Å². The molecule has 0 amide bonds. The largest absolute Gasteiger partial charge is 0.368 e. The Morgan fingerprint density at radius 1 is 1.29 bits per heavy atom. The lowest BCUT2D eigenvalue weighted by Gasteiger charge is -2.31. The molecule has 6 nitrogen and oxygen atoms in total. The van der Waals surface area contributed by atoms with Crippen LogP contribution < -0.4 is 16.0 Å². The highest BCUT2D eigenvalue weighted by Gasteiger charge is 2.24. The lowest BCUT2D eigenvalue weighted by Crippen LogP contribution is -2.31. The Kier molecular flexibility index (Phi) is 3.31. The average molecular weight is 236 g/mol. The normalized spacial score (nSPS) is 17.4. The smallest absolute Gasteiger partial charge is 0.231 e. The Morgan fingerprint density at radius 3 is 2.53 bits per heavy atom. The summed E-state index contributed by atoms with van der Waals surface area (Å²) in [5, 5.41) is 3.31. The topological polar surface area (TPSA) is 80.0 Å². The van der Waals surface area contributed by atoms with Crippen LogP contribution in [0.3, 0.4) is 0 Å². The molecule has 0 spiro atoms. The monoisotopic (exact) mass is 236 g/mol. The van der Waals surface area contributed by atoms with Crippen LogP contribution in [0.15, 0.2) is 0 Å². The maximum Gasteiger partial charge on any atom is 0.231 e. The Bertz CT molecular complexity index is 388. The summed E-state index contributed by atoms with van der Waals surface area (Å²) in [5.74, 6) is 2.14. The predicted molar refractivity (Wildman–Crippen MR) is 69.0 cm³/mol. The summed E-state index contributed by atoms with van der Waals surface area (Å²) in [7, 11) is 3.77. The van der Waals surface area contributed by atoms with Gasteiger partial charge in [0.15, 0.2) is 0 Å². The van der Waals surface area contributed by atoms with E-state index in [2.05, 4.69) is 27.2 Å². The zero-order chi connectivity index (χ0) is 12.4. The van der Waals surface area contributed by atoms with Gasteiger partial charge in [-0.05, 0) is 25.7 Å². The van der Waals surface area contributed by atoms with Gasteiger partial charge in [-0.15, -0.1) is 0 Å². The molecule has 1 saturated carbocycles. The van der Waals surface area contributed by atoms with E-state index in [1.807, 2.05) is 19.0 Å². The molecule has 0 aromatic carbocycles. The fraction of sp³-hybridized carbons (Fsp3) is 0.727. The van der Waals surface area contributed by atoms with E-state index in [0.29, 0.717) is 17.9 Å². The molecule has 0 bridgehead atoms. The lowest BCUT2D eigenvalue weighted by atomic mass is 9.80. The second-order valence-corrected chi connectivity index (χ2v) is 4.84. The molecular weight excluding hydrogens is 216 g/mol. The Labute approximate surface area is 102 Å². The van der Waals surface area contributed by atoms with Crippen LogP contribution >= 0.6 is 0 Å². The predicted octanol–water partition coefficient (Wildman–Crippen LogP) is 1.12. The maximum atomic E-state index is 5.67. The molecule has 1 aromatic heterocycles. The maximum absolute atomic E-state index is 5.67. The molecule has 0 saturated heterocycles. The summed E-state index contributed by atoms with van der Waals surface area (Å²) in [6.07, 6.45) is 3.91. The summed E-state index contributed by atoms with van der Waals surface area (Å²) in [6.45, 7) is 2.17. The van der Waals surface area contributed by atoms with Gasteiger partial charge in [0.1, 0.15) is 0 Å². The molecule has 1 aromatic rings. The van der Waals surface area contributed by atoms with Crippen LogP contribution in [0.5, 0.6) is 0 Å². The van der Waals surface area contributed by atoms with E-state index in [4.69, 9.17) is 5.73 Å². The van der Waals surface area contributed by atoms with E-state index in [9.17, 15) is 0 Å². The number of nitrogens with zero attached hydrogens (tertiary/aromatic N) is 4. The molecule has 1 aliphatic rings. The fourth-order valence-electron chi connectivity index (χ4n) is 1.91. The van der Waals surface area contributed by atoms with Crippen LogP contribution in [0.1, 0.15) is 26.2 Å². The second-order valence-electron chi connectivity index (χ2n) is 4.84. The zero-order valence-electron chi connectivity index (χ0n) is 10.6. The summed E-state index contributed by atoms with van der Waals surface area (Å²) < 4.78 is 0. The molecule has 1 fully saturated rings. The number of aromatic nitrogens is 3. The molecule has 0 aliphatic heterocycles. The molecule has 1 unspecified atom stereocenters. The van der Waals surface area contributed by atoms with Crippen molar-refractivity contribution in [1.82, 2.24) is 15.0 Å². The molecule has 94 valence electrons. The SMILES string of the molecule is CC(Nc1nc(N)nc(N(C)C)n1)C1CCC1. The van der Waals surface area contributed by atoms with E-state index in [1.54, 1.807) is 0 Å². The minimum atomic E-state index is 0.256. The second kappa shape index (κ2) is 4.73. The number of hydrogen-bond donors (Lipinski definition) is 2. The van der Waals surface area contributed by atoms with Gasteiger partial charge in [-0.2, -0.15) is 15.0 Å². The van der Waals surface area contributed by atoms with Crippen molar-refractivity contribution >= 4 is 17.8 Å². The first-order valence-electron chi connectivity index (χ1n) is 6.01. The van der Waals surface area contributed by atoms with Crippen molar-refractivity contribution in [1.29, 1.82) is 0 Å². The number of nitrogen functional groups attached to an aromatic ring is 1. The van der Waals surface area contributed by atoms with Crippen molar-refractivity contribution in [2.75, 3.05) is 30.0 Å². The van der Waals surface area contributed by atoms with E-state index in [-0.39, 0.29) is 5.95 Å². The van der Waals surface area contributed by atoms with Crippen LogP contribution in [0.2, 0.25) is 0 Å². The average Bonchev–Trinajstić information content (AvgIpc) is 2.13. The molecule has 2 rings (SSSR count). The minimum Gasteiger partial charge on any atom is -0.368 e. The van der Waals surface area contributed by atoms with Gasteiger partial charge in [0, 0.05) is 20.1 Å². The first kappa shape index (κ1) is 11.9. The number of nitrogens with two attached hydrogens (primary N) is 1. The van der Waals surface area contributed by atoms with Crippen molar-refractivity contribution in [2.24, 2.45) is 5.92 Å². The van der Waals surface area contributed by atoms with Gasteiger partial charge in [-0.1, -0.05) is 6.42 Å². The first-order chi connectivity index (χ1) is 8.06. The highest BCUT2D eigenvalue weighted by Crippen LogP contribution is 2.30. The molecule has 3 N–H and O–H groups in total. The van der Waals surface area contributed by atoms with Crippen LogP contribution in [0.4, 0.5) is 17.8 Å². The summed E-state index contributed by atoms with van der Waals surface area (Å²) in [5.41, 5.74) is 5.67. The van der Waals surface area contributed by atoms with Crippen LogP contribution in [-0.4, -0.2) is 35.1 Å². The number of rotatable bonds is 4. The third-order valence-electron chi connectivity index (χ3n) is 3.25. The van der Waals surface area contributed by atoms with Crippen molar-refractivity contribution in [2.45, 2.75) is 32.2 Å². The molecule has 1 heterocycles. The molecule has 1 atom stereocenters. The third-order valence-corrected chi connectivity index (χ3v) is 3.25. The third kappa shape index (κ3) is 2.75. The molecule has 0 radical (unpaired) electrons. The standard InChI is InChI=1S/C11H20N6/c1-7(8-5-4-6-8)13-10-14-9(12)15-11(16-10)17(2)3/h7-8H,4-6H2,1-3H3,(H3,12,13,14,15,16). The molecule has 6 heteroatoms. The lowest BCUT2D eigenvalue weighted by molar-refractivity contribution is 0.284. The summed E-state index contributed by atoms with van der Waals surface area (Å²) in [4.78, 5) is 14.3. The molecule has 1 aliphatic carbocycles. The van der Waals surface area contributed by atoms with Gasteiger partial charge in [-0.25, -0.2) is 0 Å². The van der Waals surface area contributed by atoms with Crippen LogP contribution in [0.25, 0.3) is 0 Å². The van der Waals surface area contributed by atoms with E-state index in [0.717, 1.165) is 5.92 Å². The van der Waals surface area contributed by atoms with Gasteiger partial charge in [0.25, 0.3) is 0 Å². The summed E-state index contributed by atoms with van der Waals surface area (Å²) >= 11 is 0. The quantitative estimate of drug-likeness (QED) is 0.815. The highest BCUT2D eigenvalue weighted by molar-refractivity contribution is 5.41. The van der Waals surface area contributed by atoms with Gasteiger partial charge < -0.3 is 16.0 Å². The fourth-order valence-corrected chi connectivity index (χ4v) is 1.91. The Hall–Kier alpha value is -1.59. The number of hydrogen-bond acceptors (Lipinski definition) is 6. The Balaban J connectivity index is 2.08.